The Morgan fingerprint density at radius 3 is 2.71 bits per heavy atom. The van der Waals surface area contributed by atoms with Crippen molar-refractivity contribution < 1.29 is 4.39 Å². The van der Waals surface area contributed by atoms with Gasteiger partial charge < -0.3 is 0 Å². The Morgan fingerprint density at radius 1 is 1.05 bits per heavy atom. The molecule has 2 aromatic carbocycles. The number of fused-ring (bicyclic) bond motifs is 2. The van der Waals surface area contributed by atoms with Crippen LogP contribution in [0, 0.1) is 12.7 Å². The average molecular weight is 295 g/mol. The van der Waals surface area contributed by atoms with Crippen molar-refractivity contribution in [3.8, 4) is 0 Å². The molecule has 0 bridgehead atoms. The SMILES string of the molecule is CC1=C(c2nsc3ccccc23)c2c(ccc(F)c2C)[N]1. The average Bonchev–Trinajstić information content (AvgIpc) is 3.04. The highest BCUT2D eigenvalue weighted by molar-refractivity contribution is 7.13. The zero-order chi connectivity index (χ0) is 14.6. The number of aromatic nitrogens is 1. The largest absolute Gasteiger partial charge is 0.252 e. The second-order valence-electron chi connectivity index (χ2n) is 5.17. The van der Waals surface area contributed by atoms with Crippen molar-refractivity contribution in [3.05, 3.63) is 64.7 Å². The van der Waals surface area contributed by atoms with Crippen LogP contribution in [0.1, 0.15) is 23.7 Å². The van der Waals surface area contributed by atoms with Gasteiger partial charge in [-0.15, -0.1) is 0 Å². The minimum absolute atomic E-state index is 0.198. The van der Waals surface area contributed by atoms with Crippen molar-refractivity contribution in [2.24, 2.45) is 0 Å². The Kier molecular flexibility index (Phi) is 2.62. The maximum atomic E-state index is 13.9. The quantitative estimate of drug-likeness (QED) is 0.635. The second-order valence-corrected chi connectivity index (χ2v) is 5.97. The number of nitrogens with zero attached hydrogens (tertiary/aromatic N) is 2. The van der Waals surface area contributed by atoms with E-state index in [2.05, 4.69) is 21.8 Å². The highest BCUT2D eigenvalue weighted by atomic mass is 32.1. The third-order valence-electron chi connectivity index (χ3n) is 3.89. The van der Waals surface area contributed by atoms with E-state index in [-0.39, 0.29) is 5.82 Å². The smallest absolute Gasteiger partial charge is 0.126 e. The van der Waals surface area contributed by atoms with Crippen molar-refractivity contribution in [2.75, 3.05) is 0 Å². The molecule has 2 nitrogen and oxygen atoms in total. The van der Waals surface area contributed by atoms with Gasteiger partial charge in [-0.2, -0.15) is 4.37 Å². The maximum Gasteiger partial charge on any atom is 0.126 e. The Bertz CT molecular complexity index is 908. The lowest BCUT2D eigenvalue weighted by Gasteiger charge is -2.07. The van der Waals surface area contributed by atoms with Gasteiger partial charge in [-0.25, -0.2) is 4.39 Å². The first-order chi connectivity index (χ1) is 10.2. The standard InChI is InChI=1S/C17H12FN2S/c1-9-12(18)7-8-13-15(9)16(10(2)19-13)17-11-5-3-4-6-14(11)21-20-17/h3-8H,1-2H3. The van der Waals surface area contributed by atoms with Crippen molar-refractivity contribution in [1.82, 2.24) is 9.69 Å². The molecular weight excluding hydrogens is 283 g/mol. The number of hydrogen-bond acceptors (Lipinski definition) is 2. The van der Waals surface area contributed by atoms with Crippen LogP contribution in [0.25, 0.3) is 15.7 Å². The number of benzene rings is 2. The predicted octanol–water partition coefficient (Wildman–Crippen LogP) is 4.77. The molecule has 21 heavy (non-hydrogen) atoms. The van der Waals surface area contributed by atoms with E-state index in [4.69, 9.17) is 0 Å². The van der Waals surface area contributed by atoms with E-state index in [0.717, 1.165) is 38.3 Å². The number of rotatable bonds is 1. The fraction of sp³-hybridized carbons (Fsp3) is 0.118. The van der Waals surface area contributed by atoms with Crippen LogP contribution in [0.5, 0.6) is 0 Å². The molecule has 0 aliphatic carbocycles. The van der Waals surface area contributed by atoms with Crippen LogP contribution in [0.3, 0.4) is 0 Å². The molecular formula is C17H12FN2S. The first kappa shape index (κ1) is 12.5. The summed E-state index contributed by atoms with van der Waals surface area (Å²) in [5.74, 6) is -0.198. The molecule has 1 radical (unpaired) electrons. The summed E-state index contributed by atoms with van der Waals surface area (Å²) in [6.45, 7) is 3.76. The van der Waals surface area contributed by atoms with Crippen LogP contribution in [0.4, 0.5) is 10.1 Å². The Hall–Kier alpha value is -2.20. The second kappa shape index (κ2) is 4.40. The van der Waals surface area contributed by atoms with E-state index in [0.29, 0.717) is 5.56 Å². The van der Waals surface area contributed by atoms with Crippen molar-refractivity contribution in [2.45, 2.75) is 13.8 Å². The lowest BCUT2D eigenvalue weighted by atomic mass is 9.96. The van der Waals surface area contributed by atoms with E-state index in [1.54, 1.807) is 13.0 Å². The van der Waals surface area contributed by atoms with Gasteiger partial charge in [0.05, 0.1) is 16.1 Å². The number of hydrogen-bond donors (Lipinski definition) is 0. The number of allylic oxidation sites excluding steroid dienone is 1. The van der Waals surface area contributed by atoms with Crippen LogP contribution in [0.2, 0.25) is 0 Å². The summed E-state index contributed by atoms with van der Waals surface area (Å²) < 4.78 is 19.7. The van der Waals surface area contributed by atoms with Gasteiger partial charge in [0.25, 0.3) is 0 Å². The van der Waals surface area contributed by atoms with Gasteiger partial charge in [-0.05, 0) is 49.1 Å². The first-order valence-corrected chi connectivity index (χ1v) is 7.51. The van der Waals surface area contributed by atoms with E-state index in [1.807, 2.05) is 19.1 Å². The van der Waals surface area contributed by atoms with Crippen LogP contribution >= 0.6 is 11.5 Å². The fourth-order valence-corrected chi connectivity index (χ4v) is 3.64. The predicted molar refractivity (Wildman–Crippen MR) is 84.2 cm³/mol. The Morgan fingerprint density at radius 2 is 1.86 bits per heavy atom. The lowest BCUT2D eigenvalue weighted by Crippen LogP contribution is -1.93. The summed E-state index contributed by atoms with van der Waals surface area (Å²) >= 11 is 1.47. The highest BCUT2D eigenvalue weighted by Gasteiger charge is 2.27. The molecule has 0 spiro atoms. The van der Waals surface area contributed by atoms with Gasteiger partial charge in [0.2, 0.25) is 0 Å². The monoisotopic (exact) mass is 295 g/mol. The summed E-state index contributed by atoms with van der Waals surface area (Å²) in [6, 6.07) is 11.3. The number of halogens is 1. The van der Waals surface area contributed by atoms with E-state index < -0.39 is 0 Å². The molecule has 0 saturated heterocycles. The normalized spacial score (nSPS) is 13.7. The van der Waals surface area contributed by atoms with Gasteiger partial charge in [-0.1, -0.05) is 18.2 Å². The fourth-order valence-electron chi connectivity index (χ4n) is 2.85. The van der Waals surface area contributed by atoms with Crippen molar-refractivity contribution in [1.29, 1.82) is 0 Å². The van der Waals surface area contributed by atoms with E-state index >= 15 is 0 Å². The van der Waals surface area contributed by atoms with Gasteiger partial charge in [0, 0.05) is 22.2 Å². The molecule has 0 fully saturated rings. The van der Waals surface area contributed by atoms with Crippen LogP contribution < -0.4 is 5.32 Å². The van der Waals surface area contributed by atoms with Crippen LogP contribution in [-0.2, 0) is 0 Å². The maximum absolute atomic E-state index is 13.9. The third kappa shape index (κ3) is 1.72. The zero-order valence-corrected chi connectivity index (χ0v) is 12.5. The van der Waals surface area contributed by atoms with Crippen LogP contribution in [0.15, 0.2) is 42.1 Å². The Labute approximate surface area is 126 Å². The molecule has 0 N–H and O–H groups in total. The minimum atomic E-state index is -0.198. The van der Waals surface area contributed by atoms with Gasteiger partial charge in [-0.3, -0.25) is 5.32 Å². The summed E-state index contributed by atoms with van der Waals surface area (Å²) in [6.07, 6.45) is 0. The summed E-state index contributed by atoms with van der Waals surface area (Å²) in [4.78, 5) is 0. The van der Waals surface area contributed by atoms with E-state index in [1.165, 1.54) is 17.6 Å². The summed E-state index contributed by atoms with van der Waals surface area (Å²) in [5.41, 5.74) is 5.11. The van der Waals surface area contributed by atoms with Crippen LogP contribution in [-0.4, -0.2) is 4.37 Å². The van der Waals surface area contributed by atoms with E-state index in [9.17, 15) is 4.39 Å². The molecule has 0 saturated carbocycles. The molecule has 103 valence electrons. The summed E-state index contributed by atoms with van der Waals surface area (Å²) in [7, 11) is 0. The molecule has 4 heteroatoms. The Balaban J connectivity index is 2.03. The molecule has 1 aliphatic heterocycles. The molecule has 3 aromatic rings. The first-order valence-electron chi connectivity index (χ1n) is 6.73. The molecule has 1 aliphatic rings. The summed E-state index contributed by atoms with van der Waals surface area (Å²) in [5, 5.41) is 5.68. The zero-order valence-electron chi connectivity index (χ0n) is 11.6. The van der Waals surface area contributed by atoms with Gasteiger partial charge in [0.1, 0.15) is 5.82 Å². The molecule has 0 unspecified atom stereocenters. The minimum Gasteiger partial charge on any atom is -0.252 e. The highest BCUT2D eigenvalue weighted by Crippen LogP contribution is 2.43. The third-order valence-corrected chi connectivity index (χ3v) is 4.72. The topological polar surface area (TPSA) is 27.0 Å². The molecule has 4 rings (SSSR count). The molecule has 0 atom stereocenters. The molecule has 2 heterocycles. The van der Waals surface area contributed by atoms with Gasteiger partial charge >= 0.3 is 0 Å². The van der Waals surface area contributed by atoms with Crippen molar-refractivity contribution >= 4 is 32.9 Å². The van der Waals surface area contributed by atoms with Crippen molar-refractivity contribution in [3.63, 3.8) is 0 Å². The molecule has 1 aromatic heterocycles. The molecule has 0 amide bonds. The lowest BCUT2D eigenvalue weighted by molar-refractivity contribution is 0.618. The van der Waals surface area contributed by atoms with Gasteiger partial charge in [0.15, 0.2) is 0 Å².